The Balaban J connectivity index is 1.64. The fraction of sp³-hybridized carbons (Fsp3) is 0.250. The van der Waals surface area contributed by atoms with E-state index in [9.17, 15) is 10.1 Å². The summed E-state index contributed by atoms with van der Waals surface area (Å²) in [7, 11) is 0. The van der Waals surface area contributed by atoms with E-state index >= 15 is 0 Å². The molecule has 0 atom stereocenters. The minimum absolute atomic E-state index is 0.0906. The number of benzene rings is 2. The number of nitrogens with one attached hydrogen (secondary N) is 1. The number of carbonyl (C=O) groups is 1. The van der Waals surface area contributed by atoms with Crippen LogP contribution in [0.5, 0.6) is 0 Å². The summed E-state index contributed by atoms with van der Waals surface area (Å²) in [5.74, 6) is 0.140. The highest BCUT2D eigenvalue weighted by Gasteiger charge is 2.41. The average molecular weight is 413 g/mol. The number of rotatable bonds is 4. The molecule has 1 aromatic heterocycles. The maximum absolute atomic E-state index is 13.5. The fourth-order valence-corrected chi connectivity index (χ4v) is 3.91. The first-order chi connectivity index (χ1) is 15.0. The Labute approximate surface area is 180 Å². The van der Waals surface area contributed by atoms with Crippen molar-refractivity contribution in [2.45, 2.75) is 25.2 Å². The van der Waals surface area contributed by atoms with Gasteiger partial charge in [-0.3, -0.25) is 4.79 Å². The predicted octanol–water partition coefficient (Wildman–Crippen LogP) is 3.59. The van der Waals surface area contributed by atoms with E-state index in [1.54, 1.807) is 18.5 Å². The summed E-state index contributed by atoms with van der Waals surface area (Å²) in [6.07, 6.45) is 4.52. The Hall–Kier alpha value is -3.76. The van der Waals surface area contributed by atoms with Crippen LogP contribution in [0, 0.1) is 18.3 Å². The molecule has 1 fully saturated rings. The van der Waals surface area contributed by atoms with Gasteiger partial charge in [-0.1, -0.05) is 30.3 Å². The lowest BCUT2D eigenvalue weighted by molar-refractivity contribution is -0.125. The van der Waals surface area contributed by atoms with Gasteiger partial charge < -0.3 is 15.8 Å². The molecule has 3 N–H and O–H groups in total. The Morgan fingerprint density at radius 2 is 1.77 bits per heavy atom. The molecule has 2 heterocycles. The van der Waals surface area contributed by atoms with E-state index in [2.05, 4.69) is 21.4 Å². The molecular formula is C24H23N5O2. The van der Waals surface area contributed by atoms with Crippen LogP contribution in [-0.2, 0) is 14.9 Å². The molecule has 0 saturated carbocycles. The number of anilines is 2. The summed E-state index contributed by atoms with van der Waals surface area (Å²) in [6, 6.07) is 15.4. The van der Waals surface area contributed by atoms with Crippen LogP contribution in [0.25, 0.3) is 11.1 Å². The van der Waals surface area contributed by atoms with Crippen molar-refractivity contribution < 1.29 is 9.53 Å². The number of hydrogen-bond acceptors (Lipinski definition) is 6. The van der Waals surface area contributed by atoms with Crippen LogP contribution in [0.3, 0.4) is 0 Å². The van der Waals surface area contributed by atoms with Gasteiger partial charge in [0.25, 0.3) is 0 Å². The van der Waals surface area contributed by atoms with E-state index in [0.717, 1.165) is 22.3 Å². The molecule has 4 rings (SSSR count). The molecule has 1 aliphatic rings. The maximum Gasteiger partial charge on any atom is 0.235 e. The molecule has 3 aromatic rings. The molecule has 0 unspecified atom stereocenters. The number of carbonyl (C=O) groups excluding carboxylic acids is 1. The number of ether oxygens (including phenoxy) is 1. The van der Waals surface area contributed by atoms with Crippen molar-refractivity contribution in [1.29, 1.82) is 5.26 Å². The molecule has 0 aliphatic carbocycles. The van der Waals surface area contributed by atoms with Crippen molar-refractivity contribution >= 4 is 17.5 Å². The van der Waals surface area contributed by atoms with Crippen LogP contribution in [-0.4, -0.2) is 29.1 Å². The smallest absolute Gasteiger partial charge is 0.235 e. The molecule has 156 valence electrons. The molecule has 0 radical (unpaired) electrons. The first kappa shape index (κ1) is 20.5. The van der Waals surface area contributed by atoms with Gasteiger partial charge in [-0.2, -0.15) is 5.26 Å². The van der Waals surface area contributed by atoms with Crippen molar-refractivity contribution in [2.24, 2.45) is 0 Å². The van der Waals surface area contributed by atoms with E-state index in [1.165, 1.54) is 0 Å². The number of nitrogen functional groups attached to an aromatic ring is 1. The van der Waals surface area contributed by atoms with Gasteiger partial charge in [-0.05, 0) is 48.6 Å². The summed E-state index contributed by atoms with van der Waals surface area (Å²) < 4.78 is 5.55. The normalized spacial score (nSPS) is 15.1. The van der Waals surface area contributed by atoms with E-state index in [-0.39, 0.29) is 11.9 Å². The number of aromatic nitrogens is 2. The third-order valence-corrected chi connectivity index (χ3v) is 5.84. The van der Waals surface area contributed by atoms with Crippen LogP contribution >= 0.6 is 0 Å². The largest absolute Gasteiger partial charge is 0.381 e. The number of aryl methyl sites for hydroxylation is 1. The second-order valence-electron chi connectivity index (χ2n) is 7.70. The van der Waals surface area contributed by atoms with Crippen LogP contribution in [0.1, 0.15) is 29.5 Å². The van der Waals surface area contributed by atoms with Crippen molar-refractivity contribution in [2.75, 3.05) is 24.3 Å². The fourth-order valence-electron chi connectivity index (χ4n) is 3.91. The monoisotopic (exact) mass is 413 g/mol. The van der Waals surface area contributed by atoms with E-state index in [1.807, 2.05) is 43.3 Å². The zero-order valence-electron chi connectivity index (χ0n) is 17.3. The van der Waals surface area contributed by atoms with Gasteiger partial charge in [0.05, 0.1) is 17.0 Å². The second-order valence-corrected chi connectivity index (χ2v) is 7.70. The molecule has 7 nitrogen and oxygen atoms in total. The van der Waals surface area contributed by atoms with Crippen LogP contribution in [0.2, 0.25) is 0 Å². The molecule has 0 spiro atoms. The maximum atomic E-state index is 13.5. The standard InChI is InChI=1S/C24H23N5O2/c1-16-2-7-21(12-18(16)13-25)29-22(30)24(8-10-31-11-9-24)20-5-3-17(4-6-20)19-14-27-23(26)28-15-19/h2-7,12,14-15H,8-11H2,1H3,(H,29,30)(H2,26,27,28). The topological polar surface area (TPSA) is 114 Å². The second kappa shape index (κ2) is 8.54. The quantitative estimate of drug-likeness (QED) is 0.676. The van der Waals surface area contributed by atoms with Crippen LogP contribution < -0.4 is 11.1 Å². The minimum Gasteiger partial charge on any atom is -0.381 e. The molecule has 1 saturated heterocycles. The van der Waals surface area contributed by atoms with Gasteiger partial charge in [-0.25, -0.2) is 9.97 Å². The number of amides is 1. The number of nitriles is 1. The van der Waals surface area contributed by atoms with Gasteiger partial charge >= 0.3 is 0 Å². The summed E-state index contributed by atoms with van der Waals surface area (Å²) in [6.45, 7) is 2.90. The first-order valence-electron chi connectivity index (χ1n) is 10.1. The molecule has 1 amide bonds. The van der Waals surface area contributed by atoms with E-state index in [4.69, 9.17) is 10.5 Å². The summed E-state index contributed by atoms with van der Waals surface area (Å²) in [5, 5.41) is 12.3. The van der Waals surface area contributed by atoms with Gasteiger partial charge in [0.15, 0.2) is 0 Å². The van der Waals surface area contributed by atoms with Crippen molar-refractivity contribution in [3.8, 4) is 17.2 Å². The SMILES string of the molecule is Cc1ccc(NC(=O)C2(c3ccc(-c4cnc(N)nc4)cc3)CCOCC2)cc1C#N. The molecular weight excluding hydrogens is 390 g/mol. The zero-order chi connectivity index (χ0) is 21.8. The predicted molar refractivity (Wildman–Crippen MR) is 118 cm³/mol. The highest BCUT2D eigenvalue weighted by atomic mass is 16.5. The van der Waals surface area contributed by atoms with Crippen LogP contribution in [0.4, 0.5) is 11.6 Å². The summed E-state index contributed by atoms with van der Waals surface area (Å²) in [4.78, 5) is 21.6. The van der Waals surface area contributed by atoms with Crippen molar-refractivity contribution in [3.63, 3.8) is 0 Å². The highest BCUT2D eigenvalue weighted by Crippen LogP contribution is 2.37. The third kappa shape index (κ3) is 4.11. The zero-order valence-corrected chi connectivity index (χ0v) is 17.3. The first-order valence-corrected chi connectivity index (χ1v) is 10.1. The number of hydrogen-bond donors (Lipinski definition) is 2. The molecule has 0 bridgehead atoms. The Morgan fingerprint density at radius 3 is 2.42 bits per heavy atom. The van der Waals surface area contributed by atoms with Gasteiger partial charge in [0.1, 0.15) is 0 Å². The minimum atomic E-state index is -0.702. The third-order valence-electron chi connectivity index (χ3n) is 5.84. The summed E-state index contributed by atoms with van der Waals surface area (Å²) in [5.41, 5.74) is 9.65. The number of nitrogens with zero attached hydrogens (tertiary/aromatic N) is 3. The molecule has 2 aromatic carbocycles. The van der Waals surface area contributed by atoms with Gasteiger partial charge in [-0.15, -0.1) is 0 Å². The molecule has 1 aliphatic heterocycles. The Bertz CT molecular complexity index is 1130. The Morgan fingerprint density at radius 1 is 1.10 bits per heavy atom. The Kier molecular flexibility index (Phi) is 5.65. The van der Waals surface area contributed by atoms with Gasteiger partial charge in [0, 0.05) is 36.9 Å². The average Bonchev–Trinajstić information content (AvgIpc) is 2.81. The lowest BCUT2D eigenvalue weighted by Crippen LogP contribution is -2.44. The highest BCUT2D eigenvalue weighted by molar-refractivity contribution is 5.99. The lowest BCUT2D eigenvalue weighted by atomic mass is 9.73. The molecule has 31 heavy (non-hydrogen) atoms. The van der Waals surface area contributed by atoms with Gasteiger partial charge in [0.2, 0.25) is 11.9 Å². The summed E-state index contributed by atoms with van der Waals surface area (Å²) >= 11 is 0. The molecule has 7 heteroatoms. The van der Waals surface area contributed by atoms with Crippen molar-refractivity contribution in [3.05, 3.63) is 71.5 Å². The van der Waals surface area contributed by atoms with E-state index in [0.29, 0.717) is 37.3 Å². The van der Waals surface area contributed by atoms with Crippen LogP contribution in [0.15, 0.2) is 54.9 Å². The lowest BCUT2D eigenvalue weighted by Gasteiger charge is -2.36. The van der Waals surface area contributed by atoms with E-state index < -0.39 is 5.41 Å². The number of nitrogens with two attached hydrogens (primary N) is 1. The van der Waals surface area contributed by atoms with Crippen molar-refractivity contribution in [1.82, 2.24) is 9.97 Å².